The van der Waals surface area contributed by atoms with Crippen molar-refractivity contribution in [2.45, 2.75) is 186 Å². The second-order valence-corrected chi connectivity index (χ2v) is 22.6. The van der Waals surface area contributed by atoms with Crippen LogP contribution in [0.1, 0.15) is 175 Å². The van der Waals surface area contributed by atoms with Gasteiger partial charge in [0.2, 0.25) is 0 Å². The third-order valence-corrected chi connectivity index (χ3v) is 17.9. The van der Waals surface area contributed by atoms with Gasteiger partial charge in [-0.15, -0.1) is 0 Å². The van der Waals surface area contributed by atoms with E-state index >= 15 is 0 Å². The van der Waals surface area contributed by atoms with Crippen molar-refractivity contribution in [3.05, 3.63) is 103 Å². The van der Waals surface area contributed by atoms with Gasteiger partial charge in [-0.1, -0.05) is 144 Å². The van der Waals surface area contributed by atoms with Crippen LogP contribution in [0.4, 0.5) is 0 Å². The summed E-state index contributed by atoms with van der Waals surface area (Å²) in [5.74, 6) is -0.753. The summed E-state index contributed by atoms with van der Waals surface area (Å²) in [5, 5.41) is 13.1. The molecular formula is C55H83NO4P+. The minimum atomic E-state index is -1.74. The zero-order valence-corrected chi connectivity index (χ0v) is 39.7. The molecule has 4 rings (SSSR count). The molecule has 0 spiro atoms. The second-order valence-electron chi connectivity index (χ2n) is 19.0. The van der Waals surface area contributed by atoms with E-state index in [2.05, 4.69) is 136 Å². The standard InChI is InChI=1S/C55H82NO4P/c1-54(2)47-51(55(3,4)56(54)44-34-21-17-13-11-9-7-5-6-8-10-12-16-20-33-43-52(57)58)53(59)60-45-35-22-18-14-15-19-23-36-46-61(48-37-27-24-28-38-48,49-39-29-25-30-40-49)50-41-31-26-32-42-50/h5-6,24-32,37-42,51H,7-23,33-36,43-47H2,1-4H3/p+1/b6-5-. The lowest BCUT2D eigenvalue weighted by atomic mass is 9.87. The zero-order valence-electron chi connectivity index (χ0n) is 38.8. The Morgan fingerprint density at radius 2 is 1.00 bits per heavy atom. The first-order valence-electron chi connectivity index (χ1n) is 24.4. The highest BCUT2D eigenvalue weighted by molar-refractivity contribution is 7.95. The van der Waals surface area contributed by atoms with Gasteiger partial charge < -0.3 is 9.84 Å². The van der Waals surface area contributed by atoms with Crippen molar-refractivity contribution in [1.29, 1.82) is 0 Å². The number of ether oxygens (including phenoxy) is 1. The minimum absolute atomic E-state index is 0.00281. The number of allylic oxidation sites excluding steroid dienone is 2. The summed E-state index contributed by atoms with van der Waals surface area (Å²) in [6.07, 6.45) is 31.9. The number of carboxylic acids is 1. The van der Waals surface area contributed by atoms with E-state index in [-0.39, 0.29) is 23.0 Å². The fourth-order valence-electron chi connectivity index (χ4n) is 10.0. The van der Waals surface area contributed by atoms with Crippen molar-refractivity contribution in [2.24, 2.45) is 5.92 Å². The molecule has 1 N–H and O–H groups in total. The molecule has 3 aromatic carbocycles. The molecule has 61 heavy (non-hydrogen) atoms. The number of aliphatic carboxylic acids is 1. The molecule has 0 radical (unpaired) electrons. The van der Waals surface area contributed by atoms with Crippen LogP contribution in [-0.4, -0.2) is 52.3 Å². The van der Waals surface area contributed by atoms with Gasteiger partial charge in [0, 0.05) is 17.5 Å². The summed E-state index contributed by atoms with van der Waals surface area (Å²) in [7, 11) is -1.74. The Hall–Kier alpha value is -3.27. The smallest absolute Gasteiger partial charge is 0.310 e. The van der Waals surface area contributed by atoms with Crippen LogP contribution in [0, 0.1) is 5.92 Å². The molecule has 1 saturated heterocycles. The molecule has 1 fully saturated rings. The number of carbonyl (C=O) groups excluding carboxylic acids is 1. The average Bonchev–Trinajstić information content (AvgIpc) is 3.45. The molecule has 1 unspecified atom stereocenters. The van der Waals surface area contributed by atoms with Gasteiger partial charge in [0.15, 0.2) is 0 Å². The Morgan fingerprint density at radius 3 is 1.48 bits per heavy atom. The Bertz CT molecular complexity index is 1560. The van der Waals surface area contributed by atoms with Gasteiger partial charge in [-0.3, -0.25) is 14.5 Å². The van der Waals surface area contributed by atoms with Crippen LogP contribution in [0.2, 0.25) is 0 Å². The van der Waals surface area contributed by atoms with Gasteiger partial charge in [-0.2, -0.15) is 0 Å². The fourth-order valence-corrected chi connectivity index (χ4v) is 14.4. The highest BCUT2D eigenvalue weighted by Gasteiger charge is 2.54. The average molecular weight is 853 g/mol. The van der Waals surface area contributed by atoms with Crippen LogP contribution in [0.3, 0.4) is 0 Å². The number of nitrogens with zero attached hydrogens (tertiary/aromatic N) is 1. The maximum atomic E-state index is 13.4. The van der Waals surface area contributed by atoms with Crippen LogP contribution >= 0.6 is 7.26 Å². The molecule has 0 bridgehead atoms. The lowest BCUT2D eigenvalue weighted by Crippen LogP contribution is -2.51. The molecule has 0 saturated carbocycles. The number of esters is 1. The van der Waals surface area contributed by atoms with Crippen LogP contribution in [0.15, 0.2) is 103 Å². The van der Waals surface area contributed by atoms with Crippen LogP contribution in [-0.2, 0) is 14.3 Å². The third kappa shape index (κ3) is 16.7. The fraction of sp³-hybridized carbons (Fsp3) is 0.600. The quantitative estimate of drug-likeness (QED) is 0.0293. The van der Waals surface area contributed by atoms with Crippen molar-refractivity contribution in [2.75, 3.05) is 19.3 Å². The van der Waals surface area contributed by atoms with E-state index in [0.717, 1.165) is 51.5 Å². The molecule has 336 valence electrons. The zero-order chi connectivity index (χ0) is 43.7. The number of likely N-dealkylation sites (tertiary alicyclic amines) is 1. The Morgan fingerprint density at radius 1 is 0.590 bits per heavy atom. The number of carboxylic acid groups (broad SMARTS) is 1. The van der Waals surface area contributed by atoms with Gasteiger partial charge >= 0.3 is 11.9 Å². The van der Waals surface area contributed by atoms with E-state index < -0.39 is 13.2 Å². The number of hydrogen-bond acceptors (Lipinski definition) is 4. The van der Waals surface area contributed by atoms with Crippen molar-refractivity contribution in [3.63, 3.8) is 0 Å². The lowest BCUT2D eigenvalue weighted by molar-refractivity contribution is -0.151. The Kier molecular flexibility index (Phi) is 22.9. The van der Waals surface area contributed by atoms with E-state index in [0.29, 0.717) is 13.0 Å². The summed E-state index contributed by atoms with van der Waals surface area (Å²) >= 11 is 0. The van der Waals surface area contributed by atoms with Gasteiger partial charge in [0.25, 0.3) is 0 Å². The Balaban J connectivity index is 1.04. The van der Waals surface area contributed by atoms with Gasteiger partial charge in [-0.05, 0) is 135 Å². The predicted octanol–water partition coefficient (Wildman–Crippen LogP) is 13.6. The topological polar surface area (TPSA) is 66.8 Å². The lowest BCUT2D eigenvalue weighted by Gasteiger charge is -2.41. The molecule has 0 aliphatic carbocycles. The summed E-state index contributed by atoms with van der Waals surface area (Å²) in [5.41, 5.74) is -0.202. The van der Waals surface area contributed by atoms with Crippen molar-refractivity contribution in [1.82, 2.24) is 4.90 Å². The highest BCUT2D eigenvalue weighted by atomic mass is 31.2. The molecule has 1 heterocycles. The van der Waals surface area contributed by atoms with E-state index in [1.54, 1.807) is 0 Å². The SMILES string of the molecule is CC1(C)CC(C(=O)OCCCCCCCCCC[P+](c2ccccc2)(c2ccccc2)c2ccccc2)C(C)(C)N1CCCCCCCC/C=C\CCCCCCCC(=O)O. The molecule has 6 heteroatoms. The van der Waals surface area contributed by atoms with Crippen molar-refractivity contribution >= 4 is 35.1 Å². The molecule has 0 amide bonds. The number of rotatable bonds is 32. The number of benzene rings is 3. The maximum Gasteiger partial charge on any atom is 0.310 e. The molecule has 0 aromatic heterocycles. The molecule has 1 aliphatic heterocycles. The predicted molar refractivity (Wildman–Crippen MR) is 262 cm³/mol. The normalized spacial score (nSPS) is 16.3. The number of hydrogen-bond donors (Lipinski definition) is 1. The summed E-state index contributed by atoms with van der Waals surface area (Å²) < 4.78 is 5.96. The number of unbranched alkanes of at least 4 members (excludes halogenated alkanes) is 18. The van der Waals surface area contributed by atoms with Gasteiger partial charge in [-0.25, -0.2) is 0 Å². The molecule has 3 aromatic rings. The minimum Gasteiger partial charge on any atom is -0.481 e. The van der Waals surface area contributed by atoms with E-state index in [9.17, 15) is 9.59 Å². The first-order valence-corrected chi connectivity index (χ1v) is 26.4. The van der Waals surface area contributed by atoms with Crippen molar-refractivity contribution < 1.29 is 19.4 Å². The number of carbonyl (C=O) groups is 2. The van der Waals surface area contributed by atoms with Crippen molar-refractivity contribution in [3.8, 4) is 0 Å². The second kappa shape index (κ2) is 27.7. The van der Waals surface area contributed by atoms with Crippen LogP contribution < -0.4 is 15.9 Å². The van der Waals surface area contributed by atoms with Gasteiger partial charge in [0.1, 0.15) is 23.2 Å². The third-order valence-electron chi connectivity index (χ3n) is 13.4. The highest BCUT2D eigenvalue weighted by Crippen LogP contribution is 2.56. The monoisotopic (exact) mass is 853 g/mol. The molecule has 1 atom stereocenters. The summed E-state index contributed by atoms with van der Waals surface area (Å²) in [6.45, 7) is 10.7. The largest absolute Gasteiger partial charge is 0.481 e. The molecule has 5 nitrogen and oxygen atoms in total. The summed E-state index contributed by atoms with van der Waals surface area (Å²) in [6, 6.07) is 33.7. The van der Waals surface area contributed by atoms with E-state index in [1.165, 1.54) is 118 Å². The van der Waals surface area contributed by atoms with Crippen LogP contribution in [0.25, 0.3) is 0 Å². The van der Waals surface area contributed by atoms with E-state index in [4.69, 9.17) is 9.84 Å². The first kappa shape index (κ1) is 50.4. The van der Waals surface area contributed by atoms with E-state index in [1.807, 2.05) is 0 Å². The van der Waals surface area contributed by atoms with Gasteiger partial charge in [0.05, 0.1) is 18.7 Å². The molecule has 1 aliphatic rings. The summed E-state index contributed by atoms with van der Waals surface area (Å²) in [4.78, 5) is 26.6. The first-order chi connectivity index (χ1) is 29.6. The maximum absolute atomic E-state index is 13.4. The van der Waals surface area contributed by atoms with Crippen LogP contribution in [0.5, 0.6) is 0 Å². The Labute approximate surface area is 372 Å². The molecular weight excluding hydrogens is 770 g/mol.